The lowest BCUT2D eigenvalue weighted by Crippen LogP contribution is -2.06. The summed E-state index contributed by atoms with van der Waals surface area (Å²) in [4.78, 5) is 16.6. The lowest BCUT2D eigenvalue weighted by atomic mass is 10.1. The molecule has 3 rings (SSSR count). The maximum Gasteiger partial charge on any atom is 0.363 e. The van der Waals surface area contributed by atoms with E-state index < -0.39 is 5.97 Å². The molecule has 0 saturated heterocycles. The highest BCUT2D eigenvalue weighted by Gasteiger charge is 2.25. The van der Waals surface area contributed by atoms with Gasteiger partial charge in [-0.25, -0.2) is 9.79 Å². The zero-order chi connectivity index (χ0) is 18.7. The zero-order valence-electron chi connectivity index (χ0n) is 15.0. The third kappa shape index (κ3) is 3.26. The van der Waals surface area contributed by atoms with Gasteiger partial charge in [-0.3, -0.25) is 0 Å². The molecule has 0 N–H and O–H groups in total. The van der Waals surface area contributed by atoms with Gasteiger partial charge in [-0.1, -0.05) is 18.2 Å². The van der Waals surface area contributed by atoms with Crippen molar-refractivity contribution in [1.29, 1.82) is 0 Å². The van der Waals surface area contributed by atoms with E-state index in [2.05, 4.69) is 4.99 Å². The Morgan fingerprint density at radius 3 is 2.23 bits per heavy atom. The van der Waals surface area contributed by atoms with Gasteiger partial charge in [0.2, 0.25) is 11.6 Å². The van der Waals surface area contributed by atoms with Gasteiger partial charge >= 0.3 is 5.97 Å². The van der Waals surface area contributed by atoms with Crippen LogP contribution in [0.1, 0.15) is 16.7 Å². The first-order chi connectivity index (χ1) is 12.6. The summed E-state index contributed by atoms with van der Waals surface area (Å²) in [5.41, 5.74) is 2.65. The van der Waals surface area contributed by atoms with Gasteiger partial charge in [0.05, 0.1) is 21.3 Å². The van der Waals surface area contributed by atoms with Crippen molar-refractivity contribution in [1.82, 2.24) is 0 Å². The second-order valence-electron chi connectivity index (χ2n) is 5.61. The van der Waals surface area contributed by atoms with Gasteiger partial charge in [-0.05, 0) is 42.3 Å². The van der Waals surface area contributed by atoms with Crippen molar-refractivity contribution in [2.45, 2.75) is 6.92 Å². The number of nitrogens with zero attached hydrogens (tertiary/aromatic N) is 1. The molecule has 0 fully saturated rings. The van der Waals surface area contributed by atoms with Crippen molar-refractivity contribution >= 4 is 17.9 Å². The first kappa shape index (κ1) is 17.5. The molecule has 2 aromatic carbocycles. The number of hydrogen-bond donors (Lipinski definition) is 0. The molecule has 1 aliphatic heterocycles. The molecule has 1 heterocycles. The molecular weight excluding hydrogens is 334 g/mol. The number of carbonyl (C=O) groups is 1. The van der Waals surface area contributed by atoms with Crippen LogP contribution in [0.2, 0.25) is 0 Å². The molecule has 0 aromatic heterocycles. The summed E-state index contributed by atoms with van der Waals surface area (Å²) in [6.07, 6.45) is 1.62. The molecule has 26 heavy (non-hydrogen) atoms. The molecule has 0 bridgehead atoms. The number of methoxy groups -OCH3 is 3. The minimum absolute atomic E-state index is 0.206. The van der Waals surface area contributed by atoms with Crippen LogP contribution in [0, 0.1) is 6.92 Å². The predicted octanol–water partition coefficient (Wildman–Crippen LogP) is 3.37. The van der Waals surface area contributed by atoms with Crippen LogP contribution in [-0.2, 0) is 9.53 Å². The maximum atomic E-state index is 12.2. The van der Waals surface area contributed by atoms with Crippen LogP contribution in [0.4, 0.5) is 0 Å². The van der Waals surface area contributed by atoms with Crippen molar-refractivity contribution < 1.29 is 23.7 Å². The number of hydrogen-bond acceptors (Lipinski definition) is 6. The first-order valence-electron chi connectivity index (χ1n) is 7.96. The van der Waals surface area contributed by atoms with Crippen molar-refractivity contribution in [2.24, 2.45) is 4.99 Å². The van der Waals surface area contributed by atoms with E-state index in [1.54, 1.807) is 18.2 Å². The largest absolute Gasteiger partial charge is 0.493 e. The molecule has 0 spiro atoms. The second-order valence-corrected chi connectivity index (χ2v) is 5.61. The molecular formula is C20H19NO5. The molecule has 0 aliphatic carbocycles. The molecule has 2 aromatic rings. The van der Waals surface area contributed by atoms with E-state index >= 15 is 0 Å². The van der Waals surface area contributed by atoms with Crippen molar-refractivity contribution in [3.63, 3.8) is 0 Å². The summed E-state index contributed by atoms with van der Waals surface area (Å²) in [5, 5.41) is 0. The standard InChI is InChI=1S/C20H19NO5/c1-12-7-5-6-8-14(12)19-21-15(20(22)26-19)9-13-10-16(23-2)18(25-4)17(11-13)24-3/h5-11H,1-4H3/b15-9-. The van der Waals surface area contributed by atoms with Gasteiger partial charge in [0, 0.05) is 5.56 Å². The van der Waals surface area contributed by atoms with Gasteiger partial charge in [0.1, 0.15) is 0 Å². The Hall–Kier alpha value is -3.28. The quantitative estimate of drug-likeness (QED) is 0.609. The summed E-state index contributed by atoms with van der Waals surface area (Å²) in [7, 11) is 4.60. The summed E-state index contributed by atoms with van der Waals surface area (Å²) in [6.45, 7) is 1.94. The van der Waals surface area contributed by atoms with Crippen LogP contribution in [0.3, 0.4) is 0 Å². The minimum atomic E-state index is -0.503. The third-order valence-electron chi connectivity index (χ3n) is 3.99. The molecule has 134 valence electrons. The zero-order valence-corrected chi connectivity index (χ0v) is 15.0. The summed E-state index contributed by atoms with van der Waals surface area (Å²) in [5.74, 6) is 1.26. The van der Waals surface area contributed by atoms with Gasteiger partial charge in [-0.15, -0.1) is 0 Å². The summed E-state index contributed by atoms with van der Waals surface area (Å²) >= 11 is 0. The Balaban J connectivity index is 2.02. The van der Waals surface area contributed by atoms with Crippen molar-refractivity contribution in [2.75, 3.05) is 21.3 Å². The average molecular weight is 353 g/mol. The fourth-order valence-electron chi connectivity index (χ4n) is 2.68. The van der Waals surface area contributed by atoms with Crippen LogP contribution in [0.15, 0.2) is 47.1 Å². The molecule has 0 saturated carbocycles. The Kier molecular flexibility index (Phi) is 4.93. The summed E-state index contributed by atoms with van der Waals surface area (Å²) < 4.78 is 21.3. The van der Waals surface area contributed by atoms with Crippen LogP contribution in [-0.4, -0.2) is 33.2 Å². The minimum Gasteiger partial charge on any atom is -0.493 e. The van der Waals surface area contributed by atoms with Crippen LogP contribution in [0.5, 0.6) is 17.2 Å². The average Bonchev–Trinajstić information content (AvgIpc) is 3.01. The molecule has 0 unspecified atom stereocenters. The number of rotatable bonds is 5. The SMILES string of the molecule is COc1cc(/C=C2\N=C(c3ccccc3C)OC2=O)cc(OC)c1OC. The van der Waals surface area contributed by atoms with Crippen LogP contribution in [0.25, 0.3) is 6.08 Å². The second kappa shape index (κ2) is 7.31. The fraction of sp³-hybridized carbons (Fsp3) is 0.200. The van der Waals surface area contributed by atoms with Crippen LogP contribution < -0.4 is 14.2 Å². The Morgan fingerprint density at radius 1 is 1.00 bits per heavy atom. The number of carbonyl (C=O) groups excluding carboxylic acids is 1. The monoisotopic (exact) mass is 353 g/mol. The number of esters is 1. The highest BCUT2D eigenvalue weighted by atomic mass is 16.6. The molecule has 0 atom stereocenters. The summed E-state index contributed by atoms with van der Waals surface area (Å²) in [6, 6.07) is 11.1. The van der Waals surface area contributed by atoms with Gasteiger partial charge in [0.25, 0.3) is 0 Å². The van der Waals surface area contributed by atoms with Crippen molar-refractivity contribution in [3.8, 4) is 17.2 Å². The van der Waals surface area contributed by atoms with E-state index in [1.165, 1.54) is 21.3 Å². The predicted molar refractivity (Wildman–Crippen MR) is 97.9 cm³/mol. The number of aryl methyl sites for hydroxylation is 1. The lowest BCUT2D eigenvalue weighted by molar-refractivity contribution is -0.129. The smallest absolute Gasteiger partial charge is 0.363 e. The Bertz CT molecular complexity index is 889. The van der Waals surface area contributed by atoms with E-state index in [4.69, 9.17) is 18.9 Å². The van der Waals surface area contributed by atoms with E-state index in [0.717, 1.165) is 11.1 Å². The number of ether oxygens (including phenoxy) is 4. The topological polar surface area (TPSA) is 66.4 Å². The highest BCUT2D eigenvalue weighted by Crippen LogP contribution is 2.39. The van der Waals surface area contributed by atoms with Crippen LogP contribution >= 0.6 is 0 Å². The third-order valence-corrected chi connectivity index (χ3v) is 3.99. The van der Waals surface area contributed by atoms with Gasteiger partial charge in [-0.2, -0.15) is 0 Å². The van der Waals surface area contributed by atoms with Gasteiger partial charge < -0.3 is 18.9 Å². The molecule has 0 amide bonds. The Labute approximate surface area is 151 Å². The Morgan fingerprint density at radius 2 is 1.65 bits per heavy atom. The van der Waals surface area contributed by atoms with E-state index in [9.17, 15) is 4.79 Å². The first-order valence-corrected chi connectivity index (χ1v) is 7.96. The maximum absolute atomic E-state index is 12.2. The van der Waals surface area contributed by atoms with Crippen molar-refractivity contribution in [3.05, 3.63) is 58.8 Å². The molecule has 6 nitrogen and oxygen atoms in total. The fourth-order valence-corrected chi connectivity index (χ4v) is 2.68. The van der Waals surface area contributed by atoms with E-state index in [-0.39, 0.29) is 5.70 Å². The molecule has 1 aliphatic rings. The number of benzene rings is 2. The normalized spacial score (nSPS) is 14.8. The highest BCUT2D eigenvalue weighted by molar-refractivity contribution is 6.13. The van der Waals surface area contributed by atoms with E-state index in [0.29, 0.717) is 28.7 Å². The van der Waals surface area contributed by atoms with E-state index in [1.807, 2.05) is 31.2 Å². The number of aliphatic imine (C=N–C) groups is 1. The molecule has 0 radical (unpaired) electrons. The number of cyclic esters (lactones) is 1. The molecule has 6 heteroatoms. The van der Waals surface area contributed by atoms with Gasteiger partial charge in [0.15, 0.2) is 17.2 Å². The lowest BCUT2D eigenvalue weighted by Gasteiger charge is -2.12.